The number of sulfonamides is 1. The first-order valence-corrected chi connectivity index (χ1v) is 8.06. The van der Waals surface area contributed by atoms with Crippen LogP contribution in [0.2, 0.25) is 0 Å². The lowest BCUT2D eigenvalue weighted by Crippen LogP contribution is -2.30. The maximum atomic E-state index is 13.5. The molecule has 0 aliphatic carbocycles. The van der Waals surface area contributed by atoms with Crippen LogP contribution < -0.4 is 4.72 Å². The van der Waals surface area contributed by atoms with E-state index in [4.69, 9.17) is 11.6 Å². The standard InChI is InChI=1S/C12H16ClF2NO2S/c1-9(12-10(14)5-4-6-11(12)15)16-19(17,18)8-3-2-7-13/h4-6,9,16H,2-3,7-8H2,1H3. The van der Waals surface area contributed by atoms with Gasteiger partial charge in [0.2, 0.25) is 10.0 Å². The van der Waals surface area contributed by atoms with Crippen LogP contribution in [-0.4, -0.2) is 20.1 Å². The number of halogens is 3. The van der Waals surface area contributed by atoms with E-state index in [9.17, 15) is 17.2 Å². The highest BCUT2D eigenvalue weighted by molar-refractivity contribution is 7.89. The van der Waals surface area contributed by atoms with Crippen molar-refractivity contribution in [1.82, 2.24) is 4.72 Å². The van der Waals surface area contributed by atoms with Gasteiger partial charge in [-0.25, -0.2) is 21.9 Å². The van der Waals surface area contributed by atoms with Crippen molar-refractivity contribution in [2.75, 3.05) is 11.6 Å². The van der Waals surface area contributed by atoms with E-state index >= 15 is 0 Å². The molecular weight excluding hydrogens is 296 g/mol. The lowest BCUT2D eigenvalue weighted by atomic mass is 10.1. The zero-order valence-corrected chi connectivity index (χ0v) is 12.1. The fraction of sp³-hybridized carbons (Fsp3) is 0.500. The number of alkyl halides is 1. The number of nitrogens with one attached hydrogen (secondary N) is 1. The van der Waals surface area contributed by atoms with Crippen LogP contribution in [0.25, 0.3) is 0 Å². The summed E-state index contributed by atoms with van der Waals surface area (Å²) in [6.45, 7) is 1.40. The Labute approximate surface area is 117 Å². The van der Waals surface area contributed by atoms with Gasteiger partial charge in [-0.05, 0) is 31.9 Å². The second-order valence-corrected chi connectivity index (χ2v) is 6.44. The fourth-order valence-corrected chi connectivity index (χ4v) is 3.25. The molecule has 1 aromatic carbocycles. The summed E-state index contributed by atoms with van der Waals surface area (Å²) in [6.07, 6.45) is 0.982. The van der Waals surface area contributed by atoms with E-state index < -0.39 is 27.7 Å². The van der Waals surface area contributed by atoms with E-state index in [1.807, 2.05) is 0 Å². The molecule has 0 saturated heterocycles. The lowest BCUT2D eigenvalue weighted by Gasteiger charge is -2.15. The Bertz CT molecular complexity index is 502. The lowest BCUT2D eigenvalue weighted by molar-refractivity contribution is 0.514. The Morgan fingerprint density at radius 1 is 1.26 bits per heavy atom. The predicted molar refractivity (Wildman–Crippen MR) is 71.6 cm³/mol. The largest absolute Gasteiger partial charge is 0.212 e. The Balaban J connectivity index is 2.76. The van der Waals surface area contributed by atoms with Crippen LogP contribution in [0.15, 0.2) is 18.2 Å². The summed E-state index contributed by atoms with van der Waals surface area (Å²) in [7, 11) is -3.58. The summed E-state index contributed by atoms with van der Waals surface area (Å²) in [6, 6.07) is 2.46. The van der Waals surface area contributed by atoms with Crippen molar-refractivity contribution in [3.63, 3.8) is 0 Å². The molecule has 7 heteroatoms. The molecule has 0 fully saturated rings. The second kappa shape index (κ2) is 7.17. The van der Waals surface area contributed by atoms with Gasteiger partial charge in [0.25, 0.3) is 0 Å². The number of hydrogen-bond acceptors (Lipinski definition) is 2. The van der Waals surface area contributed by atoms with E-state index in [1.54, 1.807) is 0 Å². The van der Waals surface area contributed by atoms with Crippen molar-refractivity contribution in [2.45, 2.75) is 25.8 Å². The van der Waals surface area contributed by atoms with Gasteiger partial charge < -0.3 is 0 Å². The quantitative estimate of drug-likeness (QED) is 0.621. The molecule has 0 aliphatic heterocycles. The number of rotatable bonds is 7. The topological polar surface area (TPSA) is 46.2 Å². The molecule has 1 atom stereocenters. The summed E-state index contributed by atoms with van der Waals surface area (Å²) < 4.78 is 52.7. The summed E-state index contributed by atoms with van der Waals surface area (Å²) >= 11 is 5.46. The molecule has 108 valence electrons. The van der Waals surface area contributed by atoms with E-state index in [1.165, 1.54) is 13.0 Å². The minimum absolute atomic E-state index is 0.111. The van der Waals surface area contributed by atoms with Gasteiger partial charge in [-0.1, -0.05) is 6.07 Å². The minimum Gasteiger partial charge on any atom is -0.212 e. The minimum atomic E-state index is -3.58. The SMILES string of the molecule is CC(NS(=O)(=O)CCCCCl)c1c(F)cccc1F. The molecule has 1 N–H and O–H groups in total. The summed E-state index contributed by atoms with van der Waals surface area (Å²) in [5.74, 6) is -1.26. The average molecular weight is 312 g/mol. The third-order valence-corrected chi connectivity index (χ3v) is 4.39. The number of unbranched alkanes of at least 4 members (excludes halogenated alkanes) is 1. The van der Waals surface area contributed by atoms with Gasteiger partial charge in [0.1, 0.15) is 11.6 Å². The molecule has 0 aromatic heterocycles. The molecule has 0 spiro atoms. The molecule has 0 bridgehead atoms. The Morgan fingerprint density at radius 2 is 1.84 bits per heavy atom. The zero-order chi connectivity index (χ0) is 14.5. The molecule has 0 saturated carbocycles. The van der Waals surface area contributed by atoms with Gasteiger partial charge in [-0.3, -0.25) is 0 Å². The second-order valence-electron chi connectivity index (χ2n) is 4.19. The first-order chi connectivity index (χ1) is 8.87. The van der Waals surface area contributed by atoms with Crippen LogP contribution in [0.1, 0.15) is 31.4 Å². The van der Waals surface area contributed by atoms with Crippen molar-refractivity contribution >= 4 is 21.6 Å². The van der Waals surface area contributed by atoms with Crippen molar-refractivity contribution in [2.24, 2.45) is 0 Å². The predicted octanol–water partition coefficient (Wildman–Crippen LogP) is 2.96. The fourth-order valence-electron chi connectivity index (χ4n) is 1.70. The third kappa shape index (κ3) is 5.04. The van der Waals surface area contributed by atoms with Gasteiger partial charge in [0.05, 0.1) is 5.75 Å². The van der Waals surface area contributed by atoms with Crippen molar-refractivity contribution in [3.05, 3.63) is 35.4 Å². The van der Waals surface area contributed by atoms with Crippen LogP contribution in [0.4, 0.5) is 8.78 Å². The number of hydrogen-bond donors (Lipinski definition) is 1. The molecule has 3 nitrogen and oxygen atoms in total. The van der Waals surface area contributed by atoms with Crippen molar-refractivity contribution in [3.8, 4) is 0 Å². The van der Waals surface area contributed by atoms with Gasteiger partial charge in [0, 0.05) is 17.5 Å². The smallest absolute Gasteiger partial charge is 0.212 e. The van der Waals surface area contributed by atoms with Crippen molar-refractivity contribution in [1.29, 1.82) is 0 Å². The summed E-state index contributed by atoms with van der Waals surface area (Å²) in [4.78, 5) is 0. The normalized spacial score (nSPS) is 13.5. The molecule has 0 amide bonds. The molecule has 1 rings (SSSR count). The Morgan fingerprint density at radius 3 is 2.37 bits per heavy atom. The van der Waals surface area contributed by atoms with E-state index in [0.29, 0.717) is 18.7 Å². The van der Waals surface area contributed by atoms with Gasteiger partial charge in [-0.2, -0.15) is 0 Å². The van der Waals surface area contributed by atoms with E-state index in [0.717, 1.165) is 12.1 Å². The highest BCUT2D eigenvalue weighted by Gasteiger charge is 2.20. The maximum Gasteiger partial charge on any atom is 0.212 e. The summed E-state index contributed by atoms with van der Waals surface area (Å²) in [5.41, 5.74) is -0.275. The van der Waals surface area contributed by atoms with Crippen molar-refractivity contribution < 1.29 is 17.2 Å². The third-order valence-electron chi connectivity index (χ3n) is 2.59. The molecule has 0 heterocycles. The van der Waals surface area contributed by atoms with Gasteiger partial charge in [-0.15, -0.1) is 11.6 Å². The van der Waals surface area contributed by atoms with Crippen LogP contribution in [0, 0.1) is 11.6 Å². The highest BCUT2D eigenvalue weighted by Crippen LogP contribution is 2.21. The van der Waals surface area contributed by atoms with Crippen LogP contribution in [0.5, 0.6) is 0 Å². The maximum absolute atomic E-state index is 13.5. The molecule has 0 aliphatic rings. The van der Waals surface area contributed by atoms with Gasteiger partial charge in [0.15, 0.2) is 0 Å². The van der Waals surface area contributed by atoms with Crippen LogP contribution in [-0.2, 0) is 10.0 Å². The average Bonchev–Trinajstić information content (AvgIpc) is 2.28. The highest BCUT2D eigenvalue weighted by atomic mass is 35.5. The first kappa shape index (κ1) is 16.3. The summed E-state index contributed by atoms with van der Waals surface area (Å²) in [5, 5.41) is 0. The molecule has 1 unspecified atom stereocenters. The molecule has 1 aromatic rings. The zero-order valence-electron chi connectivity index (χ0n) is 10.5. The number of benzene rings is 1. The van der Waals surface area contributed by atoms with Crippen LogP contribution >= 0.6 is 11.6 Å². The van der Waals surface area contributed by atoms with Crippen LogP contribution in [0.3, 0.4) is 0 Å². The van der Waals surface area contributed by atoms with E-state index in [-0.39, 0.29) is 11.3 Å². The molecule has 0 radical (unpaired) electrons. The molecule has 19 heavy (non-hydrogen) atoms. The van der Waals surface area contributed by atoms with Gasteiger partial charge >= 0.3 is 0 Å². The Hall–Kier alpha value is -0.720. The van der Waals surface area contributed by atoms with E-state index in [2.05, 4.69) is 4.72 Å². The first-order valence-electron chi connectivity index (χ1n) is 5.87. The Kier molecular flexibility index (Phi) is 6.16. The molecular formula is C12H16ClF2NO2S. The monoisotopic (exact) mass is 311 g/mol.